The van der Waals surface area contributed by atoms with E-state index in [9.17, 15) is 4.57 Å². The van der Waals surface area contributed by atoms with Crippen LogP contribution in [0.3, 0.4) is 0 Å². The SMILES string of the molecule is CC(C)(C)[Si](C)(C)OC1CCC(C[P+](=O)O)C1. The zero-order valence-electron chi connectivity index (χ0n) is 11.7. The molecule has 1 aliphatic carbocycles. The Bertz CT molecular complexity index is 286. The fraction of sp³-hybridized carbons (Fsp3) is 1.00. The average molecular weight is 277 g/mol. The van der Waals surface area contributed by atoms with Crippen LogP contribution in [-0.4, -0.2) is 25.5 Å². The Labute approximate surface area is 107 Å². The molecule has 0 aromatic heterocycles. The van der Waals surface area contributed by atoms with Crippen molar-refractivity contribution < 1.29 is 13.9 Å². The van der Waals surface area contributed by atoms with E-state index in [0.29, 0.717) is 18.2 Å². The molecule has 0 heterocycles. The van der Waals surface area contributed by atoms with Crippen LogP contribution >= 0.6 is 8.03 Å². The second-order valence-electron chi connectivity index (χ2n) is 6.71. The van der Waals surface area contributed by atoms with Crippen LogP contribution in [0.2, 0.25) is 18.1 Å². The van der Waals surface area contributed by atoms with Crippen LogP contribution in [0.1, 0.15) is 40.0 Å². The topological polar surface area (TPSA) is 46.5 Å². The first kappa shape index (κ1) is 15.3. The van der Waals surface area contributed by atoms with Crippen molar-refractivity contribution in [2.75, 3.05) is 6.16 Å². The maximum absolute atomic E-state index is 10.8. The van der Waals surface area contributed by atoms with E-state index < -0.39 is 16.3 Å². The van der Waals surface area contributed by atoms with Crippen molar-refractivity contribution in [3.8, 4) is 0 Å². The second-order valence-corrected chi connectivity index (χ2v) is 12.5. The van der Waals surface area contributed by atoms with Crippen LogP contribution in [0.4, 0.5) is 0 Å². The Hall–Kier alpha value is 0.237. The monoisotopic (exact) mass is 277 g/mol. The van der Waals surface area contributed by atoms with Crippen LogP contribution in [-0.2, 0) is 8.99 Å². The summed E-state index contributed by atoms with van der Waals surface area (Å²) in [4.78, 5) is 8.94. The standard InChI is InChI=1S/C12H25O3PSi/c1-12(2,3)17(4,5)15-11-7-6-10(8-11)9-16(13)14/h10-11H,6-9H2,1-5H3/p+1. The van der Waals surface area contributed by atoms with Gasteiger partial charge in [-0.05, 0) is 42.0 Å². The number of rotatable bonds is 4. The number of hydrogen-bond donors (Lipinski definition) is 1. The van der Waals surface area contributed by atoms with Gasteiger partial charge in [-0.25, -0.2) is 0 Å². The predicted octanol–water partition coefficient (Wildman–Crippen LogP) is 3.91. The zero-order valence-corrected chi connectivity index (χ0v) is 13.6. The molecule has 0 aromatic rings. The molecule has 0 amide bonds. The summed E-state index contributed by atoms with van der Waals surface area (Å²) in [6, 6.07) is 0. The summed E-state index contributed by atoms with van der Waals surface area (Å²) in [5, 5.41) is 0.243. The molecule has 17 heavy (non-hydrogen) atoms. The molecular weight excluding hydrogens is 251 g/mol. The van der Waals surface area contributed by atoms with Gasteiger partial charge in [-0.3, -0.25) is 0 Å². The lowest BCUT2D eigenvalue weighted by atomic mass is 10.1. The molecule has 0 aliphatic heterocycles. The molecule has 0 radical (unpaired) electrons. The van der Waals surface area contributed by atoms with Crippen molar-refractivity contribution in [3.05, 3.63) is 0 Å². The minimum Gasteiger partial charge on any atom is -0.414 e. The summed E-state index contributed by atoms with van der Waals surface area (Å²) in [6.07, 6.45) is 3.83. The van der Waals surface area contributed by atoms with Gasteiger partial charge in [-0.2, -0.15) is 4.89 Å². The summed E-state index contributed by atoms with van der Waals surface area (Å²) in [5.41, 5.74) is 0. The maximum atomic E-state index is 10.8. The highest BCUT2D eigenvalue weighted by atomic mass is 31.1. The van der Waals surface area contributed by atoms with Gasteiger partial charge in [0.25, 0.3) is 0 Å². The molecule has 1 fully saturated rings. The molecule has 1 rings (SSSR count). The molecule has 3 nitrogen and oxygen atoms in total. The van der Waals surface area contributed by atoms with E-state index in [1.165, 1.54) is 0 Å². The van der Waals surface area contributed by atoms with Crippen molar-refractivity contribution in [2.45, 2.75) is 64.3 Å². The highest BCUT2D eigenvalue weighted by molar-refractivity contribution is 7.38. The molecule has 1 N–H and O–H groups in total. The maximum Gasteiger partial charge on any atom is 0.505 e. The van der Waals surface area contributed by atoms with Crippen LogP contribution in [0.5, 0.6) is 0 Å². The lowest BCUT2D eigenvalue weighted by molar-refractivity contribution is 0.184. The highest BCUT2D eigenvalue weighted by Gasteiger charge is 2.41. The molecule has 3 unspecified atom stereocenters. The lowest BCUT2D eigenvalue weighted by Gasteiger charge is -2.38. The van der Waals surface area contributed by atoms with Crippen molar-refractivity contribution >= 4 is 16.3 Å². The lowest BCUT2D eigenvalue weighted by Crippen LogP contribution is -2.43. The third-order valence-electron chi connectivity index (χ3n) is 4.17. The van der Waals surface area contributed by atoms with Gasteiger partial charge < -0.3 is 4.43 Å². The van der Waals surface area contributed by atoms with E-state index >= 15 is 0 Å². The molecule has 5 heteroatoms. The highest BCUT2D eigenvalue weighted by Crippen LogP contribution is 2.41. The van der Waals surface area contributed by atoms with Gasteiger partial charge in [0.05, 0.1) is 0 Å². The first-order valence-electron chi connectivity index (χ1n) is 6.43. The number of hydrogen-bond acceptors (Lipinski definition) is 2. The van der Waals surface area contributed by atoms with Crippen LogP contribution < -0.4 is 0 Å². The van der Waals surface area contributed by atoms with Crippen molar-refractivity contribution in [2.24, 2.45) is 5.92 Å². The Morgan fingerprint density at radius 2 is 1.94 bits per heavy atom. The van der Waals surface area contributed by atoms with E-state index in [1.807, 2.05) is 0 Å². The van der Waals surface area contributed by atoms with Gasteiger partial charge in [-0.1, -0.05) is 20.8 Å². The van der Waals surface area contributed by atoms with E-state index in [1.54, 1.807) is 0 Å². The van der Waals surface area contributed by atoms with Crippen molar-refractivity contribution in [3.63, 3.8) is 0 Å². The van der Waals surface area contributed by atoms with E-state index in [2.05, 4.69) is 33.9 Å². The van der Waals surface area contributed by atoms with Gasteiger partial charge in [0.1, 0.15) is 0 Å². The molecule has 1 saturated carbocycles. The van der Waals surface area contributed by atoms with Gasteiger partial charge in [0, 0.05) is 12.0 Å². The van der Waals surface area contributed by atoms with Gasteiger partial charge in [0.2, 0.25) is 0 Å². The predicted molar refractivity (Wildman–Crippen MR) is 74.1 cm³/mol. The molecular formula is C12H26O3PSi+. The van der Waals surface area contributed by atoms with Gasteiger partial charge in [0.15, 0.2) is 14.5 Å². The van der Waals surface area contributed by atoms with Crippen LogP contribution in [0, 0.1) is 5.92 Å². The minimum atomic E-state index is -1.98. The van der Waals surface area contributed by atoms with Gasteiger partial charge >= 0.3 is 8.03 Å². The Morgan fingerprint density at radius 3 is 2.41 bits per heavy atom. The minimum absolute atomic E-state index is 0.243. The van der Waals surface area contributed by atoms with E-state index in [4.69, 9.17) is 9.32 Å². The third-order valence-corrected chi connectivity index (χ3v) is 9.54. The second kappa shape index (κ2) is 5.48. The summed E-state index contributed by atoms with van der Waals surface area (Å²) in [7, 11) is -3.66. The third kappa shape index (κ3) is 4.44. The first-order chi connectivity index (χ1) is 7.62. The smallest absolute Gasteiger partial charge is 0.414 e. The summed E-state index contributed by atoms with van der Waals surface area (Å²) in [6.45, 7) is 11.3. The Morgan fingerprint density at radius 1 is 1.35 bits per heavy atom. The molecule has 3 atom stereocenters. The zero-order chi connectivity index (χ0) is 13.3. The quantitative estimate of drug-likeness (QED) is 0.626. The van der Waals surface area contributed by atoms with Crippen LogP contribution in [0.15, 0.2) is 0 Å². The summed E-state index contributed by atoms with van der Waals surface area (Å²) >= 11 is 0. The molecule has 0 spiro atoms. The van der Waals surface area contributed by atoms with Gasteiger partial charge in [-0.15, -0.1) is 0 Å². The summed E-state index contributed by atoms with van der Waals surface area (Å²) in [5.74, 6) is 0.387. The first-order valence-corrected chi connectivity index (χ1v) is 10.7. The normalized spacial score (nSPS) is 27.3. The fourth-order valence-corrected chi connectivity index (χ4v) is 4.29. The fourth-order valence-electron chi connectivity index (χ4n) is 2.12. The summed E-state index contributed by atoms with van der Waals surface area (Å²) < 4.78 is 17.2. The average Bonchev–Trinajstić information content (AvgIpc) is 2.48. The molecule has 0 saturated heterocycles. The Kier molecular flexibility index (Phi) is 4.93. The Balaban J connectivity index is 2.48. The van der Waals surface area contributed by atoms with Crippen LogP contribution in [0.25, 0.3) is 0 Å². The molecule has 1 aliphatic rings. The van der Waals surface area contributed by atoms with Crippen molar-refractivity contribution in [1.82, 2.24) is 0 Å². The molecule has 100 valence electrons. The largest absolute Gasteiger partial charge is 0.505 e. The van der Waals surface area contributed by atoms with E-state index in [0.717, 1.165) is 19.3 Å². The molecule has 0 aromatic carbocycles. The van der Waals surface area contributed by atoms with Crippen molar-refractivity contribution in [1.29, 1.82) is 0 Å². The van der Waals surface area contributed by atoms with E-state index in [-0.39, 0.29) is 5.04 Å². The molecule has 0 bridgehead atoms.